The molecule has 0 aliphatic heterocycles. The van der Waals surface area contributed by atoms with Crippen LogP contribution in [-0.2, 0) is 6.54 Å². The highest BCUT2D eigenvalue weighted by Gasteiger charge is 2.15. The van der Waals surface area contributed by atoms with Crippen molar-refractivity contribution in [3.05, 3.63) is 71.1 Å². The molecule has 2 aromatic heterocycles. The van der Waals surface area contributed by atoms with E-state index in [1.54, 1.807) is 37.4 Å². The molecule has 2 heterocycles. The van der Waals surface area contributed by atoms with Crippen molar-refractivity contribution >= 4 is 17.5 Å². The highest BCUT2D eigenvalue weighted by atomic mass is 35.5. The number of H-pyrrole nitrogens is 1. The molecule has 0 bridgehead atoms. The molecule has 0 spiro atoms. The number of aromatic amines is 1. The quantitative estimate of drug-likeness (QED) is 0.502. The summed E-state index contributed by atoms with van der Waals surface area (Å²) in [5.74, 6) is 1.04. The Bertz CT molecular complexity index is 1140. The zero-order valence-corrected chi connectivity index (χ0v) is 16.1. The van der Waals surface area contributed by atoms with E-state index in [2.05, 4.69) is 25.7 Å². The van der Waals surface area contributed by atoms with Crippen LogP contribution >= 0.6 is 11.6 Å². The number of hydrogen-bond donors (Lipinski definition) is 2. The molecule has 146 valence electrons. The van der Waals surface area contributed by atoms with Gasteiger partial charge in [0.05, 0.1) is 19.3 Å². The van der Waals surface area contributed by atoms with Crippen molar-refractivity contribution < 1.29 is 14.1 Å². The molecule has 8 nitrogen and oxygen atoms in total. The van der Waals surface area contributed by atoms with Crippen molar-refractivity contribution in [3.63, 3.8) is 0 Å². The van der Waals surface area contributed by atoms with Crippen LogP contribution in [0.2, 0.25) is 5.02 Å². The zero-order valence-electron chi connectivity index (χ0n) is 15.3. The van der Waals surface area contributed by atoms with E-state index in [0.717, 1.165) is 11.1 Å². The van der Waals surface area contributed by atoms with Crippen LogP contribution in [0.1, 0.15) is 16.3 Å². The Morgan fingerprint density at radius 3 is 2.79 bits per heavy atom. The lowest BCUT2D eigenvalue weighted by Crippen LogP contribution is -2.23. The van der Waals surface area contributed by atoms with Crippen molar-refractivity contribution in [1.82, 2.24) is 25.7 Å². The molecule has 29 heavy (non-hydrogen) atoms. The van der Waals surface area contributed by atoms with Gasteiger partial charge in [-0.1, -0.05) is 28.9 Å². The maximum absolute atomic E-state index is 12.4. The van der Waals surface area contributed by atoms with Crippen LogP contribution in [0, 0.1) is 0 Å². The third kappa shape index (κ3) is 4.12. The first-order chi connectivity index (χ1) is 14.1. The van der Waals surface area contributed by atoms with Gasteiger partial charge in [0.2, 0.25) is 0 Å². The second kappa shape index (κ2) is 8.15. The number of nitrogens with one attached hydrogen (secondary N) is 2. The van der Waals surface area contributed by atoms with Crippen LogP contribution in [0.4, 0.5) is 0 Å². The van der Waals surface area contributed by atoms with Gasteiger partial charge >= 0.3 is 0 Å². The summed E-state index contributed by atoms with van der Waals surface area (Å²) in [4.78, 5) is 16.7. The zero-order chi connectivity index (χ0) is 20.2. The average Bonchev–Trinajstić information content (AvgIpc) is 3.42. The second-order valence-electron chi connectivity index (χ2n) is 6.07. The normalized spacial score (nSPS) is 10.7. The number of benzene rings is 2. The third-order valence-electron chi connectivity index (χ3n) is 4.17. The number of halogens is 1. The van der Waals surface area contributed by atoms with Gasteiger partial charge in [0.25, 0.3) is 11.8 Å². The molecule has 9 heteroatoms. The maximum atomic E-state index is 12.4. The Morgan fingerprint density at radius 1 is 1.21 bits per heavy atom. The lowest BCUT2D eigenvalue weighted by molar-refractivity contribution is 0.0944. The molecule has 0 aliphatic rings. The molecule has 0 atom stereocenters. The van der Waals surface area contributed by atoms with Gasteiger partial charge in [0, 0.05) is 16.1 Å². The third-order valence-corrected chi connectivity index (χ3v) is 4.42. The number of rotatable bonds is 6. The molecule has 0 fully saturated rings. The monoisotopic (exact) mass is 409 g/mol. The Hall–Kier alpha value is -3.65. The van der Waals surface area contributed by atoms with Gasteiger partial charge in [-0.3, -0.25) is 9.89 Å². The van der Waals surface area contributed by atoms with Gasteiger partial charge in [0.15, 0.2) is 5.82 Å². The topological polar surface area (TPSA) is 106 Å². The summed E-state index contributed by atoms with van der Waals surface area (Å²) in [6.45, 7) is 0.110. The Kier molecular flexibility index (Phi) is 5.26. The second-order valence-corrected chi connectivity index (χ2v) is 6.51. The van der Waals surface area contributed by atoms with Crippen molar-refractivity contribution in [3.8, 4) is 28.5 Å². The van der Waals surface area contributed by atoms with E-state index in [4.69, 9.17) is 20.9 Å². The fourth-order valence-electron chi connectivity index (χ4n) is 2.72. The molecule has 0 saturated carbocycles. The molecule has 4 aromatic rings. The summed E-state index contributed by atoms with van der Waals surface area (Å²) < 4.78 is 10.6. The number of nitrogens with zero attached hydrogens (tertiary/aromatic N) is 3. The Morgan fingerprint density at radius 2 is 2.00 bits per heavy atom. The first kappa shape index (κ1) is 18.7. The molecular formula is C20H16ClN5O3. The molecule has 4 rings (SSSR count). The summed E-state index contributed by atoms with van der Waals surface area (Å²) in [5, 5.41) is 14.2. The minimum atomic E-state index is -0.337. The van der Waals surface area contributed by atoms with Crippen molar-refractivity contribution in [2.45, 2.75) is 6.54 Å². The van der Waals surface area contributed by atoms with Crippen molar-refractivity contribution in [2.24, 2.45) is 0 Å². The van der Waals surface area contributed by atoms with Crippen LogP contribution in [0.15, 0.2) is 59.1 Å². The summed E-state index contributed by atoms with van der Waals surface area (Å²) in [6.07, 6.45) is 0. The largest absolute Gasteiger partial charge is 0.496 e. The van der Waals surface area contributed by atoms with Crippen molar-refractivity contribution in [1.29, 1.82) is 0 Å². The van der Waals surface area contributed by atoms with E-state index in [1.165, 1.54) is 0 Å². The SMILES string of the molecule is COc1ccccc1-c1cc(C(=O)NCc2noc(-c3ccc(Cl)cc3)n2)[nH]n1. The number of carbonyl (C=O) groups is 1. The van der Waals surface area contributed by atoms with E-state index < -0.39 is 0 Å². The van der Waals surface area contributed by atoms with Gasteiger partial charge in [-0.15, -0.1) is 0 Å². The molecule has 0 radical (unpaired) electrons. The summed E-state index contributed by atoms with van der Waals surface area (Å²) in [6, 6.07) is 16.1. The number of carbonyl (C=O) groups excluding carboxylic acids is 1. The minimum Gasteiger partial charge on any atom is -0.496 e. The summed E-state index contributed by atoms with van der Waals surface area (Å²) in [5.41, 5.74) is 2.45. The molecule has 0 unspecified atom stereocenters. The van der Waals surface area contributed by atoms with Gasteiger partial charge < -0.3 is 14.6 Å². The maximum Gasteiger partial charge on any atom is 0.269 e. The Balaban J connectivity index is 1.42. The molecule has 2 aromatic carbocycles. The first-order valence-corrected chi connectivity index (χ1v) is 9.07. The van der Waals surface area contributed by atoms with Crippen LogP contribution < -0.4 is 10.1 Å². The number of amides is 1. The fraction of sp³-hybridized carbons (Fsp3) is 0.100. The summed E-state index contributed by atoms with van der Waals surface area (Å²) in [7, 11) is 1.59. The predicted octanol–water partition coefficient (Wildman–Crippen LogP) is 3.72. The van der Waals surface area contributed by atoms with Crippen LogP contribution in [0.25, 0.3) is 22.7 Å². The smallest absolute Gasteiger partial charge is 0.269 e. The first-order valence-electron chi connectivity index (χ1n) is 8.69. The Labute approximate surface area is 170 Å². The van der Waals surface area contributed by atoms with E-state index in [0.29, 0.717) is 33.9 Å². The highest BCUT2D eigenvalue weighted by Crippen LogP contribution is 2.28. The average molecular weight is 410 g/mol. The number of methoxy groups -OCH3 is 1. The van der Waals surface area contributed by atoms with E-state index >= 15 is 0 Å². The predicted molar refractivity (Wildman–Crippen MR) is 106 cm³/mol. The van der Waals surface area contributed by atoms with Gasteiger partial charge in [-0.05, 0) is 42.5 Å². The molecule has 2 N–H and O–H groups in total. The van der Waals surface area contributed by atoms with E-state index in [9.17, 15) is 4.79 Å². The van der Waals surface area contributed by atoms with Crippen LogP contribution in [-0.4, -0.2) is 33.4 Å². The molecule has 0 saturated heterocycles. The van der Waals surface area contributed by atoms with Gasteiger partial charge in [0.1, 0.15) is 11.4 Å². The number of para-hydroxylation sites is 1. The molecule has 1 amide bonds. The number of aromatic nitrogens is 4. The van der Waals surface area contributed by atoms with E-state index in [1.807, 2.05) is 24.3 Å². The standard InChI is InChI=1S/C20H16ClN5O3/c1-28-17-5-3-2-4-14(17)15-10-16(25-24-15)19(27)22-11-18-23-20(29-26-18)12-6-8-13(21)9-7-12/h2-10H,11H2,1H3,(H,22,27)(H,24,25). The number of ether oxygens (including phenoxy) is 1. The fourth-order valence-corrected chi connectivity index (χ4v) is 2.85. The molecule has 0 aliphatic carbocycles. The van der Waals surface area contributed by atoms with Gasteiger partial charge in [-0.2, -0.15) is 10.1 Å². The lowest BCUT2D eigenvalue weighted by Gasteiger charge is -2.04. The van der Waals surface area contributed by atoms with E-state index in [-0.39, 0.29) is 12.5 Å². The van der Waals surface area contributed by atoms with Crippen molar-refractivity contribution in [2.75, 3.05) is 7.11 Å². The van der Waals surface area contributed by atoms with Crippen LogP contribution in [0.3, 0.4) is 0 Å². The minimum absolute atomic E-state index is 0.110. The highest BCUT2D eigenvalue weighted by molar-refractivity contribution is 6.30. The van der Waals surface area contributed by atoms with Gasteiger partial charge in [-0.25, -0.2) is 0 Å². The van der Waals surface area contributed by atoms with Crippen LogP contribution in [0.5, 0.6) is 5.75 Å². The summed E-state index contributed by atoms with van der Waals surface area (Å²) >= 11 is 5.88. The number of hydrogen-bond acceptors (Lipinski definition) is 6. The molecular weight excluding hydrogens is 394 g/mol. The lowest BCUT2D eigenvalue weighted by atomic mass is 10.1.